The number of hydrogen-bond donors (Lipinski definition) is 2. The number of carbonyl (C=O) groups is 1. The number of benzene rings is 2. The molecule has 4 aromatic rings. The Morgan fingerprint density at radius 1 is 1.14 bits per heavy atom. The number of rotatable bonds is 4. The number of hydrogen-bond acceptors (Lipinski definition) is 4. The fourth-order valence-corrected chi connectivity index (χ4v) is 2.98. The number of imidazole rings is 1. The summed E-state index contributed by atoms with van der Waals surface area (Å²) < 4.78 is 7.20. The largest absolute Gasteiger partial charge is 0.495 e. The Balaban J connectivity index is 1.60. The van der Waals surface area contributed by atoms with Gasteiger partial charge in [0.25, 0.3) is 0 Å². The second-order valence-corrected chi connectivity index (χ2v) is 6.39. The van der Waals surface area contributed by atoms with Gasteiger partial charge < -0.3 is 15.4 Å². The van der Waals surface area contributed by atoms with Crippen molar-refractivity contribution in [1.82, 2.24) is 14.4 Å². The molecule has 0 aliphatic rings. The molecule has 0 aliphatic carbocycles. The summed E-state index contributed by atoms with van der Waals surface area (Å²) in [6.07, 6.45) is 5.44. The molecule has 140 valence electrons. The van der Waals surface area contributed by atoms with Crippen molar-refractivity contribution in [1.29, 1.82) is 0 Å². The summed E-state index contributed by atoms with van der Waals surface area (Å²) in [4.78, 5) is 21.1. The average molecular weight is 394 g/mol. The van der Waals surface area contributed by atoms with Crippen LogP contribution in [-0.2, 0) is 0 Å². The van der Waals surface area contributed by atoms with Gasteiger partial charge in [0.1, 0.15) is 5.75 Å². The van der Waals surface area contributed by atoms with Gasteiger partial charge in [-0.3, -0.25) is 4.40 Å². The molecule has 2 aromatic carbocycles. The molecule has 0 fully saturated rings. The van der Waals surface area contributed by atoms with Crippen LogP contribution in [0.25, 0.3) is 17.0 Å². The summed E-state index contributed by atoms with van der Waals surface area (Å²) >= 11 is 5.95. The van der Waals surface area contributed by atoms with E-state index in [9.17, 15) is 4.79 Å². The second-order valence-electron chi connectivity index (χ2n) is 5.96. The smallest absolute Gasteiger partial charge is 0.323 e. The molecule has 8 heteroatoms. The van der Waals surface area contributed by atoms with Crippen LogP contribution in [0.5, 0.6) is 5.75 Å². The Morgan fingerprint density at radius 2 is 2.04 bits per heavy atom. The summed E-state index contributed by atoms with van der Waals surface area (Å²) in [6, 6.07) is 13.8. The van der Waals surface area contributed by atoms with Gasteiger partial charge in [-0.2, -0.15) is 0 Å². The number of aromatic nitrogens is 3. The van der Waals surface area contributed by atoms with Crippen molar-refractivity contribution >= 4 is 34.8 Å². The van der Waals surface area contributed by atoms with E-state index in [2.05, 4.69) is 20.6 Å². The maximum atomic E-state index is 12.4. The summed E-state index contributed by atoms with van der Waals surface area (Å²) in [6.45, 7) is 0. The third-order valence-corrected chi connectivity index (χ3v) is 4.30. The quantitative estimate of drug-likeness (QED) is 0.526. The van der Waals surface area contributed by atoms with E-state index in [1.54, 1.807) is 49.7 Å². The highest BCUT2D eigenvalue weighted by molar-refractivity contribution is 6.30. The average Bonchev–Trinajstić information content (AvgIpc) is 3.12. The lowest BCUT2D eigenvalue weighted by molar-refractivity contribution is 0.262. The summed E-state index contributed by atoms with van der Waals surface area (Å²) in [5.41, 5.74) is 2.67. The minimum Gasteiger partial charge on any atom is -0.495 e. The molecule has 28 heavy (non-hydrogen) atoms. The number of fused-ring (bicyclic) bond motifs is 1. The van der Waals surface area contributed by atoms with Crippen molar-refractivity contribution in [3.8, 4) is 17.0 Å². The minimum absolute atomic E-state index is 0.408. The Kier molecular flexibility index (Phi) is 4.82. The molecule has 7 nitrogen and oxygen atoms in total. The highest BCUT2D eigenvalue weighted by atomic mass is 35.5. The molecule has 0 spiro atoms. The molecule has 2 amide bonds. The van der Waals surface area contributed by atoms with Gasteiger partial charge in [-0.1, -0.05) is 17.7 Å². The van der Waals surface area contributed by atoms with Crippen LogP contribution in [0.4, 0.5) is 16.2 Å². The summed E-state index contributed by atoms with van der Waals surface area (Å²) in [5, 5.41) is 6.09. The van der Waals surface area contributed by atoms with Crippen LogP contribution in [0.1, 0.15) is 0 Å². The van der Waals surface area contributed by atoms with Crippen LogP contribution >= 0.6 is 11.6 Å². The van der Waals surface area contributed by atoms with Crippen LogP contribution < -0.4 is 15.4 Å². The summed E-state index contributed by atoms with van der Waals surface area (Å²) in [7, 11) is 1.55. The maximum absolute atomic E-state index is 12.4. The Bertz CT molecular complexity index is 1130. The van der Waals surface area contributed by atoms with Crippen LogP contribution in [0, 0.1) is 0 Å². The maximum Gasteiger partial charge on any atom is 0.323 e. The van der Waals surface area contributed by atoms with Gasteiger partial charge in [-0.05, 0) is 42.5 Å². The first kappa shape index (κ1) is 17.8. The monoisotopic (exact) mass is 393 g/mol. The first-order valence-corrected chi connectivity index (χ1v) is 8.82. The number of halogens is 1. The highest BCUT2D eigenvalue weighted by Gasteiger charge is 2.12. The lowest BCUT2D eigenvalue weighted by atomic mass is 10.1. The van der Waals surface area contributed by atoms with E-state index in [-0.39, 0.29) is 0 Å². The van der Waals surface area contributed by atoms with E-state index in [0.29, 0.717) is 27.9 Å². The first-order valence-electron chi connectivity index (χ1n) is 8.44. The number of anilines is 2. The van der Waals surface area contributed by atoms with Gasteiger partial charge in [0, 0.05) is 34.9 Å². The van der Waals surface area contributed by atoms with Crippen molar-refractivity contribution in [3.05, 3.63) is 72.1 Å². The predicted octanol–water partition coefficient (Wildman–Crippen LogP) is 4.70. The van der Waals surface area contributed by atoms with Crippen molar-refractivity contribution in [3.63, 3.8) is 0 Å². The van der Waals surface area contributed by atoms with Gasteiger partial charge in [-0.25, -0.2) is 14.8 Å². The normalized spacial score (nSPS) is 10.6. The molecular weight excluding hydrogens is 378 g/mol. The molecule has 0 atom stereocenters. The van der Waals surface area contributed by atoms with Crippen LogP contribution in [0.15, 0.2) is 67.1 Å². The molecule has 0 aliphatic heterocycles. The van der Waals surface area contributed by atoms with Gasteiger partial charge >= 0.3 is 6.03 Å². The van der Waals surface area contributed by atoms with Crippen LogP contribution in [-0.4, -0.2) is 27.5 Å². The van der Waals surface area contributed by atoms with E-state index in [4.69, 9.17) is 16.3 Å². The molecule has 4 rings (SSSR count). The second kappa shape index (κ2) is 7.58. The number of amides is 2. The lowest BCUT2D eigenvalue weighted by Gasteiger charge is -2.12. The minimum atomic E-state index is -0.408. The topological polar surface area (TPSA) is 80.6 Å². The molecule has 0 saturated heterocycles. The molecule has 2 heterocycles. The number of nitrogens with zero attached hydrogens (tertiary/aromatic N) is 3. The third kappa shape index (κ3) is 3.74. The predicted molar refractivity (Wildman–Crippen MR) is 109 cm³/mol. The van der Waals surface area contributed by atoms with Gasteiger partial charge in [0.15, 0.2) is 0 Å². The SMILES string of the molecule is COc1ccc(-c2cn3cccnc3n2)cc1NC(=O)Nc1cccc(Cl)c1. The van der Waals surface area contributed by atoms with Gasteiger partial charge in [0.05, 0.1) is 18.5 Å². The zero-order valence-corrected chi connectivity index (χ0v) is 15.6. The highest BCUT2D eigenvalue weighted by Crippen LogP contribution is 2.30. The molecule has 0 unspecified atom stereocenters. The number of nitrogens with one attached hydrogen (secondary N) is 2. The molecule has 2 N–H and O–H groups in total. The molecular formula is C20H16ClN5O2. The standard InChI is InChI=1S/C20H16ClN5O2/c1-28-18-7-6-13(17-12-26-9-3-8-22-19(26)24-17)10-16(18)25-20(27)23-15-5-2-4-14(21)11-15/h2-12H,1H3,(H2,23,25,27). The number of methoxy groups -OCH3 is 1. The number of urea groups is 1. The zero-order valence-electron chi connectivity index (χ0n) is 14.9. The van der Waals surface area contributed by atoms with E-state index >= 15 is 0 Å². The van der Waals surface area contributed by atoms with E-state index < -0.39 is 6.03 Å². The van der Waals surface area contributed by atoms with Crippen molar-refractivity contribution in [2.24, 2.45) is 0 Å². The van der Waals surface area contributed by atoms with E-state index in [0.717, 1.165) is 11.3 Å². The zero-order chi connectivity index (χ0) is 19.5. The first-order chi connectivity index (χ1) is 13.6. The molecule has 2 aromatic heterocycles. The molecule has 0 bridgehead atoms. The van der Waals surface area contributed by atoms with Crippen molar-refractivity contribution < 1.29 is 9.53 Å². The Morgan fingerprint density at radius 3 is 2.82 bits per heavy atom. The Labute approximate surface area is 166 Å². The third-order valence-electron chi connectivity index (χ3n) is 4.06. The van der Waals surface area contributed by atoms with E-state index in [1.165, 1.54) is 0 Å². The van der Waals surface area contributed by atoms with Crippen LogP contribution in [0.3, 0.4) is 0 Å². The van der Waals surface area contributed by atoms with Gasteiger partial charge in [-0.15, -0.1) is 0 Å². The van der Waals surface area contributed by atoms with Crippen LogP contribution in [0.2, 0.25) is 5.02 Å². The van der Waals surface area contributed by atoms with Crippen molar-refractivity contribution in [2.75, 3.05) is 17.7 Å². The fraction of sp³-hybridized carbons (Fsp3) is 0.0500. The van der Waals surface area contributed by atoms with Crippen molar-refractivity contribution in [2.45, 2.75) is 0 Å². The molecule has 0 radical (unpaired) electrons. The fourth-order valence-electron chi connectivity index (χ4n) is 2.78. The van der Waals surface area contributed by atoms with E-state index in [1.807, 2.05) is 28.9 Å². The summed E-state index contributed by atoms with van der Waals surface area (Å²) in [5.74, 6) is 1.13. The lowest BCUT2D eigenvalue weighted by Crippen LogP contribution is -2.19. The van der Waals surface area contributed by atoms with Gasteiger partial charge in [0.2, 0.25) is 5.78 Å². The Hall–Kier alpha value is -3.58. The number of carbonyl (C=O) groups excluding carboxylic acids is 1. The number of ether oxygens (including phenoxy) is 1. The molecule has 0 saturated carbocycles.